The smallest absolute Gasteiger partial charge is 0.253 e. The average molecular weight is 327 g/mol. The number of pyridine rings is 1. The van der Waals surface area contributed by atoms with Gasteiger partial charge < -0.3 is 5.32 Å². The highest BCUT2D eigenvalue weighted by Gasteiger charge is 2.20. The van der Waals surface area contributed by atoms with Crippen molar-refractivity contribution >= 4 is 27.2 Å². The third-order valence-corrected chi connectivity index (χ3v) is 4.07. The summed E-state index contributed by atoms with van der Waals surface area (Å²) in [6, 6.07) is 7.51. The molecule has 0 aliphatic carbocycles. The molecule has 3 rings (SSSR count). The first-order valence-corrected chi connectivity index (χ1v) is 7.16. The number of benzene rings is 1. The van der Waals surface area contributed by atoms with E-state index in [1.54, 1.807) is 0 Å². The van der Waals surface area contributed by atoms with Crippen molar-refractivity contribution < 1.29 is 17.6 Å². The van der Waals surface area contributed by atoms with Crippen LogP contribution in [-0.2, 0) is 6.42 Å². The number of nitrogens with zero attached hydrogens (tertiary/aromatic N) is 2. The summed E-state index contributed by atoms with van der Waals surface area (Å²) in [5, 5.41) is 3.11. The van der Waals surface area contributed by atoms with Crippen LogP contribution in [0.15, 0.2) is 24.3 Å². The highest BCUT2D eigenvalue weighted by Crippen LogP contribution is 2.24. The van der Waals surface area contributed by atoms with E-state index < -0.39 is 29.2 Å². The number of aromatic nitrogens is 2. The lowest BCUT2D eigenvalue weighted by Crippen LogP contribution is -2.12. The third kappa shape index (κ3) is 2.74. The van der Waals surface area contributed by atoms with Gasteiger partial charge in [-0.3, -0.25) is 0 Å². The minimum absolute atomic E-state index is 0.0799. The van der Waals surface area contributed by atoms with Gasteiger partial charge in [0, 0.05) is 13.0 Å². The molecule has 0 saturated heterocycles. The SMILES string of the molecule is Fc1nc(F)c(F)c(NCCc2nc3ccccc3s2)c1F. The molecule has 2 aromatic heterocycles. The minimum atomic E-state index is -1.68. The Balaban J connectivity index is 1.73. The molecule has 22 heavy (non-hydrogen) atoms. The summed E-state index contributed by atoms with van der Waals surface area (Å²) in [4.78, 5) is 6.85. The number of fused-ring (bicyclic) bond motifs is 1. The topological polar surface area (TPSA) is 37.8 Å². The zero-order chi connectivity index (χ0) is 15.7. The number of hydrogen-bond donors (Lipinski definition) is 1. The maximum atomic E-state index is 13.4. The van der Waals surface area contributed by atoms with Crippen LogP contribution in [-0.4, -0.2) is 16.5 Å². The summed E-state index contributed by atoms with van der Waals surface area (Å²) < 4.78 is 53.8. The highest BCUT2D eigenvalue weighted by atomic mass is 32.1. The number of hydrogen-bond acceptors (Lipinski definition) is 4. The number of nitrogens with one attached hydrogen (secondary N) is 1. The maximum absolute atomic E-state index is 13.4. The first-order chi connectivity index (χ1) is 10.6. The lowest BCUT2D eigenvalue weighted by atomic mass is 10.3. The van der Waals surface area contributed by atoms with Crippen molar-refractivity contribution in [1.29, 1.82) is 0 Å². The summed E-state index contributed by atoms with van der Waals surface area (Å²) in [6.07, 6.45) is 0.365. The second-order valence-electron chi connectivity index (χ2n) is 4.45. The molecule has 0 spiro atoms. The number of thiazole rings is 1. The molecule has 0 saturated carbocycles. The normalized spacial score (nSPS) is 11.1. The number of para-hydroxylation sites is 1. The molecule has 0 atom stereocenters. The monoisotopic (exact) mass is 327 g/mol. The van der Waals surface area contributed by atoms with Gasteiger partial charge in [0.15, 0.2) is 0 Å². The van der Waals surface area contributed by atoms with Crippen molar-refractivity contribution in [2.24, 2.45) is 0 Å². The van der Waals surface area contributed by atoms with E-state index in [1.807, 2.05) is 24.3 Å². The van der Waals surface area contributed by atoms with Crippen molar-refractivity contribution in [3.63, 3.8) is 0 Å². The van der Waals surface area contributed by atoms with E-state index >= 15 is 0 Å². The van der Waals surface area contributed by atoms with Crippen molar-refractivity contribution in [3.05, 3.63) is 52.8 Å². The Kier molecular flexibility index (Phi) is 3.93. The van der Waals surface area contributed by atoms with Crippen LogP contribution in [0.25, 0.3) is 10.2 Å². The number of halogens is 4. The van der Waals surface area contributed by atoms with Gasteiger partial charge in [-0.15, -0.1) is 11.3 Å². The average Bonchev–Trinajstić information content (AvgIpc) is 2.91. The van der Waals surface area contributed by atoms with Crippen molar-refractivity contribution in [2.75, 3.05) is 11.9 Å². The number of rotatable bonds is 4. The third-order valence-electron chi connectivity index (χ3n) is 2.98. The lowest BCUT2D eigenvalue weighted by molar-refractivity contribution is 0.410. The summed E-state index contributed by atoms with van der Waals surface area (Å²) in [5.74, 6) is -6.44. The van der Waals surface area contributed by atoms with Crippen LogP contribution in [0.1, 0.15) is 5.01 Å². The molecule has 1 aromatic carbocycles. The van der Waals surface area contributed by atoms with Gasteiger partial charge in [-0.05, 0) is 12.1 Å². The molecule has 0 aliphatic rings. The van der Waals surface area contributed by atoms with Gasteiger partial charge in [-0.2, -0.15) is 22.5 Å². The van der Waals surface area contributed by atoms with E-state index in [-0.39, 0.29) is 6.54 Å². The van der Waals surface area contributed by atoms with E-state index in [2.05, 4.69) is 15.3 Å². The van der Waals surface area contributed by atoms with Gasteiger partial charge in [-0.25, -0.2) is 4.98 Å². The molecule has 2 heterocycles. The summed E-state index contributed by atoms with van der Waals surface area (Å²) in [7, 11) is 0. The van der Waals surface area contributed by atoms with Crippen LogP contribution in [0.3, 0.4) is 0 Å². The predicted molar refractivity (Wildman–Crippen MR) is 75.9 cm³/mol. The van der Waals surface area contributed by atoms with Crippen LogP contribution in [0.5, 0.6) is 0 Å². The van der Waals surface area contributed by atoms with Gasteiger partial charge >= 0.3 is 0 Å². The highest BCUT2D eigenvalue weighted by molar-refractivity contribution is 7.18. The van der Waals surface area contributed by atoms with E-state index in [9.17, 15) is 17.6 Å². The van der Waals surface area contributed by atoms with Crippen LogP contribution < -0.4 is 5.32 Å². The summed E-state index contributed by atoms with van der Waals surface area (Å²) in [5.41, 5.74) is -0.0213. The Labute approximate surface area is 126 Å². The van der Waals surface area contributed by atoms with E-state index in [1.165, 1.54) is 11.3 Å². The molecule has 114 valence electrons. The molecule has 0 aliphatic heterocycles. The van der Waals surface area contributed by atoms with Crippen LogP contribution >= 0.6 is 11.3 Å². The quantitative estimate of drug-likeness (QED) is 0.583. The molecule has 0 bridgehead atoms. The first kappa shape index (κ1) is 14.7. The zero-order valence-electron chi connectivity index (χ0n) is 11.0. The molecule has 3 nitrogen and oxygen atoms in total. The van der Waals surface area contributed by atoms with Gasteiger partial charge in [0.1, 0.15) is 5.69 Å². The Morgan fingerprint density at radius 2 is 1.64 bits per heavy atom. The van der Waals surface area contributed by atoms with Crippen molar-refractivity contribution in [2.45, 2.75) is 6.42 Å². The van der Waals surface area contributed by atoms with E-state index in [0.29, 0.717) is 6.42 Å². The molecular weight excluding hydrogens is 318 g/mol. The molecule has 0 fully saturated rings. The Morgan fingerprint density at radius 3 is 2.32 bits per heavy atom. The maximum Gasteiger partial charge on any atom is 0.253 e. The van der Waals surface area contributed by atoms with E-state index in [4.69, 9.17) is 0 Å². The summed E-state index contributed by atoms with van der Waals surface area (Å²) >= 11 is 1.45. The molecule has 8 heteroatoms. The van der Waals surface area contributed by atoms with Crippen LogP contribution in [0.2, 0.25) is 0 Å². The second-order valence-corrected chi connectivity index (χ2v) is 5.56. The Morgan fingerprint density at radius 1 is 0.955 bits per heavy atom. The lowest BCUT2D eigenvalue weighted by Gasteiger charge is -2.08. The van der Waals surface area contributed by atoms with Gasteiger partial charge in [0.2, 0.25) is 11.6 Å². The Bertz CT molecular complexity index is 775. The van der Waals surface area contributed by atoms with Crippen LogP contribution in [0, 0.1) is 23.5 Å². The number of anilines is 1. The second kappa shape index (κ2) is 5.88. The molecule has 3 aromatic rings. The molecule has 0 unspecified atom stereocenters. The van der Waals surface area contributed by atoms with E-state index in [0.717, 1.165) is 15.2 Å². The van der Waals surface area contributed by atoms with Gasteiger partial charge in [0.25, 0.3) is 11.9 Å². The minimum Gasteiger partial charge on any atom is -0.380 e. The summed E-state index contributed by atoms with van der Waals surface area (Å²) in [6.45, 7) is 0.0799. The van der Waals surface area contributed by atoms with Crippen LogP contribution in [0.4, 0.5) is 23.2 Å². The first-order valence-electron chi connectivity index (χ1n) is 6.34. The van der Waals surface area contributed by atoms with Crippen molar-refractivity contribution in [1.82, 2.24) is 9.97 Å². The van der Waals surface area contributed by atoms with Gasteiger partial charge in [-0.1, -0.05) is 12.1 Å². The standard InChI is InChI=1S/C14H9F4N3S/c15-10-12(11(16)14(18)21-13(10)17)19-6-5-9-20-7-3-1-2-4-8(7)22-9/h1-4H,5-6H2,(H,19,21). The fraction of sp³-hybridized carbons (Fsp3) is 0.143. The fourth-order valence-corrected chi connectivity index (χ4v) is 2.93. The predicted octanol–water partition coefficient (Wildman–Crippen LogP) is 3.90. The fourth-order valence-electron chi connectivity index (χ4n) is 1.96. The Hall–Kier alpha value is -2.22. The van der Waals surface area contributed by atoms with Crippen molar-refractivity contribution in [3.8, 4) is 0 Å². The molecule has 0 radical (unpaired) electrons. The van der Waals surface area contributed by atoms with Gasteiger partial charge in [0.05, 0.1) is 15.2 Å². The zero-order valence-corrected chi connectivity index (χ0v) is 11.9. The largest absolute Gasteiger partial charge is 0.380 e. The molecule has 0 amide bonds. The molecular formula is C14H9F4N3S. The molecule has 1 N–H and O–H groups in total.